The van der Waals surface area contributed by atoms with Crippen LogP contribution < -0.4 is 5.32 Å². The van der Waals surface area contributed by atoms with E-state index in [2.05, 4.69) is 17.1 Å². The fourth-order valence-corrected chi connectivity index (χ4v) is 2.25. The van der Waals surface area contributed by atoms with Gasteiger partial charge in [-0.05, 0) is 38.9 Å². The van der Waals surface area contributed by atoms with E-state index in [1.807, 2.05) is 0 Å². The average molecular weight is 253 g/mol. The molecule has 1 aliphatic rings. The van der Waals surface area contributed by atoms with E-state index in [0.29, 0.717) is 18.3 Å². The zero-order valence-corrected chi connectivity index (χ0v) is 10.6. The summed E-state index contributed by atoms with van der Waals surface area (Å²) in [5.74, 6) is 0.411. The molecule has 1 aliphatic heterocycles. The summed E-state index contributed by atoms with van der Waals surface area (Å²) >= 11 is 0. The number of hydrogen-bond donors (Lipinski definition) is 1. The standard InChI is InChI=1S/C12H19N3O3/c1-10(9-14-6-2-3-7-14)13-8-11-4-5-12(18-11)15(16)17/h4-5,10,13H,2-3,6-9H2,1H3. The Hall–Kier alpha value is -1.40. The smallest absolute Gasteiger partial charge is 0.404 e. The van der Waals surface area contributed by atoms with Gasteiger partial charge in [0.25, 0.3) is 0 Å². The minimum Gasteiger partial charge on any atom is -0.404 e. The predicted molar refractivity (Wildman–Crippen MR) is 67.3 cm³/mol. The summed E-state index contributed by atoms with van der Waals surface area (Å²) in [6.07, 6.45) is 2.58. The van der Waals surface area contributed by atoms with E-state index in [4.69, 9.17) is 4.42 Å². The van der Waals surface area contributed by atoms with Crippen LogP contribution in [-0.2, 0) is 6.54 Å². The number of likely N-dealkylation sites (tertiary alicyclic amines) is 1. The number of hydrogen-bond acceptors (Lipinski definition) is 5. The lowest BCUT2D eigenvalue weighted by Gasteiger charge is -2.20. The number of rotatable bonds is 6. The molecule has 0 radical (unpaired) electrons. The van der Waals surface area contributed by atoms with Crippen molar-refractivity contribution in [2.75, 3.05) is 19.6 Å². The predicted octanol–water partition coefficient (Wildman–Crippen LogP) is 1.76. The van der Waals surface area contributed by atoms with Crippen LogP contribution in [0.4, 0.5) is 5.88 Å². The molecule has 2 heterocycles. The lowest BCUT2D eigenvalue weighted by atomic mass is 10.3. The molecule has 0 amide bonds. The highest BCUT2D eigenvalue weighted by Crippen LogP contribution is 2.15. The van der Waals surface area contributed by atoms with Crippen LogP contribution in [0.1, 0.15) is 25.5 Å². The van der Waals surface area contributed by atoms with Crippen molar-refractivity contribution in [2.45, 2.75) is 32.4 Å². The Labute approximate surface area is 106 Å². The van der Waals surface area contributed by atoms with E-state index >= 15 is 0 Å². The van der Waals surface area contributed by atoms with Crippen molar-refractivity contribution in [1.29, 1.82) is 0 Å². The van der Waals surface area contributed by atoms with Gasteiger partial charge in [0.15, 0.2) is 0 Å². The molecular formula is C12H19N3O3. The first kappa shape index (κ1) is 13.0. The lowest BCUT2D eigenvalue weighted by molar-refractivity contribution is -0.402. The SMILES string of the molecule is CC(CN1CCCC1)NCc1ccc([N+](=O)[O-])o1. The van der Waals surface area contributed by atoms with Crippen LogP contribution in [0.2, 0.25) is 0 Å². The van der Waals surface area contributed by atoms with Crippen molar-refractivity contribution in [3.8, 4) is 0 Å². The molecule has 6 heteroatoms. The first-order valence-corrected chi connectivity index (χ1v) is 6.34. The van der Waals surface area contributed by atoms with Gasteiger partial charge in [0.1, 0.15) is 10.7 Å². The van der Waals surface area contributed by atoms with Crippen molar-refractivity contribution in [1.82, 2.24) is 10.2 Å². The second-order valence-electron chi connectivity index (χ2n) is 4.79. The summed E-state index contributed by atoms with van der Waals surface area (Å²) in [5.41, 5.74) is 0. The van der Waals surface area contributed by atoms with E-state index in [9.17, 15) is 10.1 Å². The van der Waals surface area contributed by atoms with Gasteiger partial charge in [-0.1, -0.05) is 0 Å². The Morgan fingerprint density at radius 1 is 1.50 bits per heavy atom. The molecule has 0 saturated carbocycles. The fraction of sp³-hybridized carbons (Fsp3) is 0.667. The molecule has 0 aromatic carbocycles. The molecule has 1 fully saturated rings. The van der Waals surface area contributed by atoms with Crippen LogP contribution in [0.3, 0.4) is 0 Å². The zero-order valence-electron chi connectivity index (χ0n) is 10.6. The molecule has 1 N–H and O–H groups in total. The third-order valence-corrected chi connectivity index (χ3v) is 3.18. The molecule has 1 aromatic rings. The number of nitrogens with zero attached hydrogens (tertiary/aromatic N) is 2. The molecule has 6 nitrogen and oxygen atoms in total. The maximum absolute atomic E-state index is 10.5. The Morgan fingerprint density at radius 2 is 2.22 bits per heavy atom. The molecule has 1 saturated heterocycles. The van der Waals surface area contributed by atoms with Crippen molar-refractivity contribution in [2.24, 2.45) is 0 Å². The lowest BCUT2D eigenvalue weighted by Crippen LogP contribution is -2.37. The van der Waals surface area contributed by atoms with Crippen molar-refractivity contribution >= 4 is 5.88 Å². The molecule has 0 aliphatic carbocycles. The summed E-state index contributed by atoms with van der Waals surface area (Å²) in [4.78, 5) is 12.4. The van der Waals surface area contributed by atoms with Crippen molar-refractivity contribution < 1.29 is 9.34 Å². The second kappa shape index (κ2) is 5.97. The molecular weight excluding hydrogens is 234 g/mol. The maximum Gasteiger partial charge on any atom is 0.433 e. The van der Waals surface area contributed by atoms with Crippen LogP contribution in [0.5, 0.6) is 0 Å². The summed E-state index contributed by atoms with van der Waals surface area (Å²) in [7, 11) is 0. The fourth-order valence-electron chi connectivity index (χ4n) is 2.25. The molecule has 18 heavy (non-hydrogen) atoms. The van der Waals surface area contributed by atoms with Crippen LogP contribution in [0.25, 0.3) is 0 Å². The van der Waals surface area contributed by atoms with E-state index in [1.54, 1.807) is 6.07 Å². The average Bonchev–Trinajstić information content (AvgIpc) is 2.96. The Bertz CT molecular complexity index is 399. The molecule has 100 valence electrons. The van der Waals surface area contributed by atoms with Gasteiger partial charge < -0.3 is 14.6 Å². The van der Waals surface area contributed by atoms with Gasteiger partial charge in [-0.15, -0.1) is 0 Å². The number of furan rings is 1. The maximum atomic E-state index is 10.5. The van der Waals surface area contributed by atoms with Crippen LogP contribution >= 0.6 is 0 Å². The highest BCUT2D eigenvalue weighted by Gasteiger charge is 2.15. The monoisotopic (exact) mass is 253 g/mol. The number of nitrogens with one attached hydrogen (secondary N) is 1. The zero-order chi connectivity index (χ0) is 13.0. The highest BCUT2D eigenvalue weighted by atomic mass is 16.6. The Kier molecular flexibility index (Phi) is 4.33. The van der Waals surface area contributed by atoms with Gasteiger partial charge in [0.2, 0.25) is 0 Å². The Morgan fingerprint density at radius 3 is 2.83 bits per heavy atom. The summed E-state index contributed by atoms with van der Waals surface area (Å²) in [5, 5.41) is 13.8. The third-order valence-electron chi connectivity index (χ3n) is 3.18. The van der Waals surface area contributed by atoms with Gasteiger partial charge >= 0.3 is 5.88 Å². The molecule has 1 atom stereocenters. The largest absolute Gasteiger partial charge is 0.433 e. The van der Waals surface area contributed by atoms with Crippen LogP contribution in [0, 0.1) is 10.1 Å². The van der Waals surface area contributed by atoms with Crippen LogP contribution in [-0.4, -0.2) is 35.5 Å². The summed E-state index contributed by atoms with van der Waals surface area (Å²) in [6.45, 7) is 6.03. The minimum absolute atomic E-state index is 0.195. The van der Waals surface area contributed by atoms with E-state index in [-0.39, 0.29) is 5.88 Å². The quantitative estimate of drug-likeness (QED) is 0.618. The van der Waals surface area contributed by atoms with Gasteiger partial charge in [-0.2, -0.15) is 0 Å². The summed E-state index contributed by atoms with van der Waals surface area (Å²) in [6, 6.07) is 3.39. The highest BCUT2D eigenvalue weighted by molar-refractivity contribution is 5.17. The third kappa shape index (κ3) is 3.54. The van der Waals surface area contributed by atoms with E-state index in [0.717, 1.165) is 6.54 Å². The first-order chi connectivity index (χ1) is 8.65. The molecule has 1 unspecified atom stereocenters. The van der Waals surface area contributed by atoms with Crippen molar-refractivity contribution in [3.05, 3.63) is 28.0 Å². The summed E-state index contributed by atoms with van der Waals surface area (Å²) < 4.78 is 5.09. The second-order valence-corrected chi connectivity index (χ2v) is 4.79. The molecule has 1 aromatic heterocycles. The van der Waals surface area contributed by atoms with Gasteiger partial charge in [0, 0.05) is 12.6 Å². The van der Waals surface area contributed by atoms with Gasteiger partial charge in [-0.3, -0.25) is 10.1 Å². The molecule has 0 bridgehead atoms. The molecule has 0 spiro atoms. The first-order valence-electron chi connectivity index (χ1n) is 6.34. The van der Waals surface area contributed by atoms with E-state index in [1.165, 1.54) is 32.0 Å². The Balaban J connectivity index is 1.74. The van der Waals surface area contributed by atoms with Gasteiger partial charge in [0.05, 0.1) is 12.6 Å². The van der Waals surface area contributed by atoms with E-state index < -0.39 is 4.92 Å². The minimum atomic E-state index is -0.517. The van der Waals surface area contributed by atoms with Gasteiger partial charge in [-0.25, -0.2) is 0 Å². The normalized spacial score (nSPS) is 18.1. The number of nitro groups is 1. The van der Waals surface area contributed by atoms with Crippen LogP contribution in [0.15, 0.2) is 16.5 Å². The topological polar surface area (TPSA) is 71.5 Å². The van der Waals surface area contributed by atoms with Crippen molar-refractivity contribution in [3.63, 3.8) is 0 Å². The molecule has 2 rings (SSSR count).